The zero-order chi connectivity index (χ0) is 12.0. The third kappa shape index (κ3) is 6.45. The van der Waals surface area contributed by atoms with Crippen molar-refractivity contribution < 1.29 is 13.6 Å². The maximum absolute atomic E-state index is 12.0. The fourth-order valence-electron chi connectivity index (χ4n) is 1.07. The summed E-state index contributed by atoms with van der Waals surface area (Å²) in [5.74, 6) is -2.62. The number of anilines is 1. The topological polar surface area (TPSA) is 55.1 Å². The molecule has 3 N–H and O–H groups in total. The van der Waals surface area contributed by atoms with Crippen molar-refractivity contribution in [3.8, 4) is 0 Å². The molecule has 0 fully saturated rings. The Hall–Kier alpha value is -0.850. The molecule has 0 aliphatic heterocycles. The SMILES string of the molecule is Cl.NCCC(=O)Nc1ccc(SC(F)F)cc1. The fourth-order valence-corrected chi connectivity index (χ4v) is 1.57. The van der Waals surface area contributed by atoms with Gasteiger partial charge in [-0.05, 0) is 24.3 Å². The minimum absolute atomic E-state index is 0. The van der Waals surface area contributed by atoms with Crippen LogP contribution < -0.4 is 11.1 Å². The van der Waals surface area contributed by atoms with Crippen LogP contribution in [0.4, 0.5) is 14.5 Å². The zero-order valence-electron chi connectivity index (χ0n) is 8.86. The molecule has 0 bridgehead atoms. The number of benzene rings is 1. The Bertz CT molecular complexity index is 349. The molecule has 1 amide bonds. The van der Waals surface area contributed by atoms with E-state index in [4.69, 9.17) is 5.73 Å². The average Bonchev–Trinajstić information content (AvgIpc) is 2.20. The van der Waals surface area contributed by atoms with Gasteiger partial charge < -0.3 is 11.1 Å². The molecule has 0 spiro atoms. The van der Waals surface area contributed by atoms with Crippen LogP contribution in [0.1, 0.15) is 6.42 Å². The van der Waals surface area contributed by atoms with Gasteiger partial charge in [-0.15, -0.1) is 12.4 Å². The van der Waals surface area contributed by atoms with Gasteiger partial charge in [0.05, 0.1) is 0 Å². The van der Waals surface area contributed by atoms with Crippen LogP contribution in [0, 0.1) is 0 Å². The van der Waals surface area contributed by atoms with Gasteiger partial charge in [-0.2, -0.15) is 8.78 Å². The summed E-state index contributed by atoms with van der Waals surface area (Å²) in [6.07, 6.45) is 0.244. The summed E-state index contributed by atoms with van der Waals surface area (Å²) in [5, 5.41) is 2.61. The van der Waals surface area contributed by atoms with Crippen molar-refractivity contribution in [2.45, 2.75) is 17.1 Å². The summed E-state index contributed by atoms with van der Waals surface area (Å²) in [7, 11) is 0. The summed E-state index contributed by atoms with van der Waals surface area (Å²) in [6.45, 7) is 0.283. The number of nitrogens with two attached hydrogens (primary N) is 1. The number of alkyl halides is 2. The molecule has 1 rings (SSSR count). The lowest BCUT2D eigenvalue weighted by molar-refractivity contribution is -0.116. The lowest BCUT2D eigenvalue weighted by atomic mass is 10.3. The number of carbonyl (C=O) groups excluding carboxylic acids is 1. The number of amides is 1. The van der Waals surface area contributed by atoms with Crippen LogP contribution in [-0.4, -0.2) is 18.2 Å². The molecule has 17 heavy (non-hydrogen) atoms. The van der Waals surface area contributed by atoms with Crippen molar-refractivity contribution in [2.75, 3.05) is 11.9 Å². The predicted molar refractivity (Wildman–Crippen MR) is 67.9 cm³/mol. The van der Waals surface area contributed by atoms with E-state index in [0.717, 1.165) is 0 Å². The smallest absolute Gasteiger partial charge is 0.288 e. The summed E-state index contributed by atoms with van der Waals surface area (Å²) >= 11 is 0.470. The quantitative estimate of drug-likeness (QED) is 0.817. The van der Waals surface area contributed by atoms with Crippen LogP contribution in [0.25, 0.3) is 0 Å². The first kappa shape index (κ1) is 16.1. The van der Waals surface area contributed by atoms with Gasteiger partial charge in [0.2, 0.25) is 5.91 Å². The molecule has 1 aromatic carbocycles. The highest BCUT2D eigenvalue weighted by atomic mass is 35.5. The van der Waals surface area contributed by atoms with Crippen LogP contribution in [-0.2, 0) is 4.79 Å². The second kappa shape index (κ2) is 8.27. The van der Waals surface area contributed by atoms with Gasteiger partial charge in [0.25, 0.3) is 5.76 Å². The van der Waals surface area contributed by atoms with E-state index in [1.54, 1.807) is 12.1 Å². The fraction of sp³-hybridized carbons (Fsp3) is 0.300. The number of hydrogen-bond acceptors (Lipinski definition) is 3. The van der Waals surface area contributed by atoms with E-state index < -0.39 is 5.76 Å². The first-order chi connectivity index (χ1) is 7.61. The number of hydrogen-bond donors (Lipinski definition) is 2. The molecule has 7 heteroatoms. The Morgan fingerprint density at radius 3 is 2.41 bits per heavy atom. The summed E-state index contributed by atoms with van der Waals surface area (Å²) in [6, 6.07) is 6.24. The first-order valence-electron chi connectivity index (χ1n) is 4.66. The summed E-state index contributed by atoms with van der Waals surface area (Å²) < 4.78 is 24.0. The van der Waals surface area contributed by atoms with Gasteiger partial charge >= 0.3 is 0 Å². The van der Waals surface area contributed by atoms with Gasteiger partial charge in [0.15, 0.2) is 0 Å². The van der Waals surface area contributed by atoms with E-state index in [1.165, 1.54) is 12.1 Å². The molecular weight excluding hydrogens is 270 g/mol. The van der Waals surface area contributed by atoms with Gasteiger partial charge in [0.1, 0.15) is 0 Å². The molecule has 0 radical (unpaired) electrons. The Labute approximate surface area is 109 Å². The van der Waals surface area contributed by atoms with Crippen molar-refractivity contribution in [3.63, 3.8) is 0 Å². The minimum Gasteiger partial charge on any atom is -0.330 e. The Kier molecular flexibility index (Phi) is 7.86. The molecule has 0 heterocycles. The number of carbonyl (C=O) groups is 1. The maximum atomic E-state index is 12.0. The molecule has 1 aromatic rings. The van der Waals surface area contributed by atoms with E-state index in [-0.39, 0.29) is 31.3 Å². The Morgan fingerprint density at radius 1 is 1.35 bits per heavy atom. The molecule has 0 aromatic heterocycles. The van der Waals surface area contributed by atoms with Gasteiger partial charge in [-0.1, -0.05) is 11.8 Å². The highest BCUT2D eigenvalue weighted by Gasteiger charge is 2.05. The average molecular weight is 283 g/mol. The lowest BCUT2D eigenvalue weighted by Crippen LogP contribution is -2.15. The van der Waals surface area contributed by atoms with Crippen molar-refractivity contribution in [3.05, 3.63) is 24.3 Å². The van der Waals surface area contributed by atoms with Crippen molar-refractivity contribution in [2.24, 2.45) is 5.73 Å². The second-order valence-corrected chi connectivity index (χ2v) is 4.05. The Morgan fingerprint density at radius 2 is 1.94 bits per heavy atom. The second-order valence-electron chi connectivity index (χ2n) is 2.99. The summed E-state index contributed by atoms with van der Waals surface area (Å²) in [5.41, 5.74) is 5.80. The molecule has 0 aliphatic rings. The zero-order valence-corrected chi connectivity index (χ0v) is 10.5. The summed E-state index contributed by atoms with van der Waals surface area (Å²) in [4.78, 5) is 11.6. The molecule has 0 atom stereocenters. The van der Waals surface area contributed by atoms with Gasteiger partial charge in [-0.25, -0.2) is 0 Å². The van der Waals surface area contributed by atoms with E-state index in [0.29, 0.717) is 22.3 Å². The highest BCUT2D eigenvalue weighted by molar-refractivity contribution is 7.99. The lowest BCUT2D eigenvalue weighted by Gasteiger charge is -2.05. The molecule has 96 valence electrons. The normalized spacial score (nSPS) is 9.88. The maximum Gasteiger partial charge on any atom is 0.288 e. The number of nitrogens with one attached hydrogen (secondary N) is 1. The molecule has 0 saturated carbocycles. The third-order valence-electron chi connectivity index (χ3n) is 1.73. The standard InChI is InChI=1S/C10H12F2N2OS.ClH/c11-10(12)16-8-3-1-7(2-4-8)14-9(15)5-6-13;/h1-4,10H,5-6,13H2,(H,14,15);1H. The van der Waals surface area contributed by atoms with Crippen LogP contribution in [0.2, 0.25) is 0 Å². The van der Waals surface area contributed by atoms with Crippen molar-refractivity contribution >= 4 is 35.8 Å². The van der Waals surface area contributed by atoms with E-state index in [1.807, 2.05) is 0 Å². The van der Waals surface area contributed by atoms with Gasteiger partial charge in [0, 0.05) is 23.5 Å². The molecule has 0 aliphatic carbocycles. The van der Waals surface area contributed by atoms with Crippen molar-refractivity contribution in [1.29, 1.82) is 0 Å². The molecule has 0 unspecified atom stereocenters. The first-order valence-corrected chi connectivity index (χ1v) is 5.54. The molecule has 3 nitrogen and oxygen atoms in total. The monoisotopic (exact) mass is 282 g/mol. The van der Waals surface area contributed by atoms with Crippen LogP contribution in [0.15, 0.2) is 29.2 Å². The molecule has 0 saturated heterocycles. The van der Waals surface area contributed by atoms with Crippen LogP contribution in [0.5, 0.6) is 0 Å². The molecular formula is C10H13ClF2N2OS. The van der Waals surface area contributed by atoms with E-state index >= 15 is 0 Å². The Balaban J connectivity index is 0.00000256. The van der Waals surface area contributed by atoms with Gasteiger partial charge in [-0.3, -0.25) is 4.79 Å². The van der Waals surface area contributed by atoms with E-state index in [9.17, 15) is 13.6 Å². The number of halogens is 3. The predicted octanol–water partition coefficient (Wildman–Crippen LogP) is 2.71. The van der Waals surface area contributed by atoms with E-state index in [2.05, 4.69) is 5.32 Å². The number of rotatable bonds is 5. The minimum atomic E-state index is -2.43. The third-order valence-corrected chi connectivity index (χ3v) is 2.46. The number of thioether (sulfide) groups is 1. The van der Waals surface area contributed by atoms with Crippen LogP contribution in [0.3, 0.4) is 0 Å². The van der Waals surface area contributed by atoms with Crippen molar-refractivity contribution in [1.82, 2.24) is 0 Å². The van der Waals surface area contributed by atoms with Crippen LogP contribution >= 0.6 is 24.2 Å². The largest absolute Gasteiger partial charge is 0.330 e. The highest BCUT2D eigenvalue weighted by Crippen LogP contribution is 2.26.